The van der Waals surface area contributed by atoms with Gasteiger partial charge in [0.25, 0.3) is 0 Å². The van der Waals surface area contributed by atoms with Crippen LogP contribution in [0.4, 0.5) is 5.69 Å². The molecule has 0 amide bonds. The molecule has 1 saturated heterocycles. The largest absolute Gasteiger partial charge is 0.358 e. The first kappa shape index (κ1) is 16.4. The van der Waals surface area contributed by atoms with Gasteiger partial charge in [0.15, 0.2) is 5.11 Å². The Morgan fingerprint density at radius 3 is 2.52 bits per heavy atom. The average Bonchev–Trinajstić information content (AvgIpc) is 3.22. The van der Waals surface area contributed by atoms with Crippen LogP contribution < -0.4 is 10.6 Å². The van der Waals surface area contributed by atoms with E-state index in [2.05, 4.69) is 40.0 Å². The Hall–Kier alpha value is -1.43. The first-order chi connectivity index (χ1) is 11.2. The fraction of sp³-hybridized carbons (Fsp3) is 0.389. The summed E-state index contributed by atoms with van der Waals surface area (Å²) < 4.78 is 0. The Kier molecular flexibility index (Phi) is 5.65. The van der Waals surface area contributed by atoms with E-state index in [1.165, 1.54) is 30.8 Å². The molecule has 1 aromatic carbocycles. The number of hydrogen-bond donors (Lipinski definition) is 2. The number of para-hydroxylation sites is 1. The maximum absolute atomic E-state index is 5.50. The molecule has 2 aromatic rings. The van der Waals surface area contributed by atoms with Crippen molar-refractivity contribution in [1.82, 2.24) is 10.2 Å². The molecule has 2 N–H and O–H groups in total. The van der Waals surface area contributed by atoms with Crippen LogP contribution in [0.2, 0.25) is 0 Å². The van der Waals surface area contributed by atoms with Crippen molar-refractivity contribution >= 4 is 34.4 Å². The second kappa shape index (κ2) is 7.90. The van der Waals surface area contributed by atoms with Crippen molar-refractivity contribution in [2.24, 2.45) is 0 Å². The van der Waals surface area contributed by atoms with E-state index < -0.39 is 0 Å². The topological polar surface area (TPSA) is 27.3 Å². The summed E-state index contributed by atoms with van der Waals surface area (Å²) in [5, 5.41) is 9.59. The number of hydrogen-bond acceptors (Lipinski definition) is 3. The molecule has 23 heavy (non-hydrogen) atoms. The molecule has 3 rings (SSSR count). The molecular formula is C18H23N3S2. The maximum atomic E-state index is 5.50. The van der Waals surface area contributed by atoms with E-state index in [-0.39, 0.29) is 6.04 Å². The van der Waals surface area contributed by atoms with Crippen molar-refractivity contribution < 1.29 is 0 Å². The Labute approximate surface area is 147 Å². The number of anilines is 1. The highest BCUT2D eigenvalue weighted by Gasteiger charge is 2.29. The lowest BCUT2D eigenvalue weighted by Crippen LogP contribution is -2.45. The van der Waals surface area contributed by atoms with Crippen LogP contribution in [0.3, 0.4) is 0 Å². The predicted molar refractivity (Wildman–Crippen MR) is 103 cm³/mol. The molecular weight excluding hydrogens is 322 g/mol. The number of likely N-dealkylation sites (tertiary alicyclic amines) is 1. The van der Waals surface area contributed by atoms with Gasteiger partial charge >= 0.3 is 0 Å². The quantitative estimate of drug-likeness (QED) is 0.792. The van der Waals surface area contributed by atoms with Gasteiger partial charge in [-0.25, -0.2) is 0 Å². The molecule has 3 nitrogen and oxygen atoms in total. The number of nitrogens with one attached hydrogen (secondary N) is 2. The minimum absolute atomic E-state index is 0.260. The molecule has 0 aliphatic carbocycles. The van der Waals surface area contributed by atoms with E-state index >= 15 is 0 Å². The highest BCUT2D eigenvalue weighted by atomic mass is 32.1. The van der Waals surface area contributed by atoms with Crippen LogP contribution >= 0.6 is 23.6 Å². The molecule has 1 aliphatic rings. The monoisotopic (exact) mass is 345 g/mol. The molecule has 5 heteroatoms. The molecule has 1 aromatic heterocycles. The van der Waals surface area contributed by atoms with Crippen molar-refractivity contribution in [3.05, 3.63) is 52.7 Å². The highest BCUT2D eigenvalue weighted by molar-refractivity contribution is 7.80. The third-order valence-electron chi connectivity index (χ3n) is 4.23. The number of nitrogens with zero attached hydrogens (tertiary/aromatic N) is 1. The van der Waals surface area contributed by atoms with Crippen molar-refractivity contribution in [3.63, 3.8) is 0 Å². The van der Waals surface area contributed by atoms with E-state index in [0.717, 1.165) is 5.69 Å². The van der Waals surface area contributed by atoms with E-state index in [9.17, 15) is 0 Å². The average molecular weight is 346 g/mol. The zero-order valence-corrected chi connectivity index (χ0v) is 15.0. The summed E-state index contributed by atoms with van der Waals surface area (Å²) in [7, 11) is 0. The molecule has 1 aliphatic heterocycles. The lowest BCUT2D eigenvalue weighted by Gasteiger charge is -2.33. The first-order valence-electron chi connectivity index (χ1n) is 8.14. The molecule has 0 spiro atoms. The maximum Gasteiger partial charge on any atom is 0.171 e. The number of thiocarbonyl (C=S) groups is 1. The fourth-order valence-electron chi connectivity index (χ4n) is 3.20. The number of benzene rings is 1. The van der Waals surface area contributed by atoms with Crippen LogP contribution in [0, 0.1) is 0 Å². The SMILES string of the molecule is C[C@H](NC(=S)Nc1ccccc1)[C@H](c1cccs1)N1CCCC1. The Balaban J connectivity index is 1.66. The smallest absolute Gasteiger partial charge is 0.171 e. The highest BCUT2D eigenvalue weighted by Crippen LogP contribution is 2.31. The molecule has 122 valence electrons. The zero-order valence-electron chi connectivity index (χ0n) is 13.4. The van der Waals surface area contributed by atoms with Crippen molar-refractivity contribution in [1.29, 1.82) is 0 Å². The summed E-state index contributed by atoms with van der Waals surface area (Å²) in [5.41, 5.74) is 1.02. The third kappa shape index (κ3) is 4.31. The summed E-state index contributed by atoms with van der Waals surface area (Å²) in [5.74, 6) is 0. The van der Waals surface area contributed by atoms with E-state index in [1.54, 1.807) is 0 Å². The Bertz CT molecular complexity index is 606. The summed E-state index contributed by atoms with van der Waals surface area (Å²) in [6.07, 6.45) is 2.59. The fourth-order valence-corrected chi connectivity index (χ4v) is 4.46. The van der Waals surface area contributed by atoms with Crippen LogP contribution in [-0.2, 0) is 0 Å². The number of thiophene rings is 1. The zero-order chi connectivity index (χ0) is 16.1. The summed E-state index contributed by atoms with van der Waals surface area (Å²) in [6, 6.07) is 15.1. The Morgan fingerprint density at radius 1 is 1.13 bits per heavy atom. The van der Waals surface area contributed by atoms with Gasteiger partial charge in [-0.3, -0.25) is 4.90 Å². The molecule has 1 fully saturated rings. The summed E-state index contributed by atoms with van der Waals surface area (Å²) >= 11 is 7.33. The van der Waals surface area contributed by atoms with Crippen LogP contribution in [0.15, 0.2) is 47.8 Å². The van der Waals surface area contributed by atoms with E-state index in [0.29, 0.717) is 11.2 Å². The lowest BCUT2D eigenvalue weighted by atomic mass is 10.1. The molecule has 2 atom stereocenters. The third-order valence-corrected chi connectivity index (χ3v) is 5.40. The molecule has 0 saturated carbocycles. The van der Waals surface area contributed by atoms with Gasteiger partial charge in [-0.05, 0) is 68.7 Å². The molecule has 0 bridgehead atoms. The van der Waals surface area contributed by atoms with Crippen molar-refractivity contribution in [2.75, 3.05) is 18.4 Å². The molecule has 0 unspecified atom stereocenters. The van der Waals surface area contributed by atoms with Gasteiger partial charge < -0.3 is 10.6 Å². The van der Waals surface area contributed by atoms with Crippen LogP contribution in [0.1, 0.15) is 30.7 Å². The standard InChI is InChI=1S/C18H23N3S2/c1-14(19-18(22)20-15-8-3-2-4-9-15)17(16-10-7-13-23-16)21-11-5-6-12-21/h2-4,7-10,13-14,17H,5-6,11-12H2,1H3,(H2,19,20,22)/t14-,17+/m0/s1. The minimum atomic E-state index is 0.260. The van der Waals surface area contributed by atoms with Gasteiger partial charge in [0.05, 0.1) is 6.04 Å². The number of rotatable bonds is 5. The second-order valence-corrected chi connectivity index (χ2v) is 7.34. The summed E-state index contributed by atoms with van der Waals surface area (Å²) in [6.45, 7) is 4.57. The van der Waals surface area contributed by atoms with Gasteiger partial charge in [-0.15, -0.1) is 11.3 Å². The van der Waals surface area contributed by atoms with E-state index in [4.69, 9.17) is 12.2 Å². The molecule has 0 radical (unpaired) electrons. The van der Waals surface area contributed by atoms with Crippen molar-refractivity contribution in [3.8, 4) is 0 Å². The van der Waals surface area contributed by atoms with E-state index in [1.807, 2.05) is 41.7 Å². The molecule has 2 heterocycles. The predicted octanol–water partition coefficient (Wildman–Crippen LogP) is 4.26. The first-order valence-corrected chi connectivity index (χ1v) is 9.43. The van der Waals surface area contributed by atoms with Crippen molar-refractivity contribution in [2.45, 2.75) is 31.8 Å². The van der Waals surface area contributed by atoms with Gasteiger partial charge in [-0.2, -0.15) is 0 Å². The van der Waals surface area contributed by atoms with Gasteiger partial charge in [0.2, 0.25) is 0 Å². The van der Waals surface area contributed by atoms with Crippen LogP contribution in [0.25, 0.3) is 0 Å². The van der Waals surface area contributed by atoms with Gasteiger partial charge in [0, 0.05) is 16.6 Å². The normalized spacial score (nSPS) is 17.6. The van der Waals surface area contributed by atoms with Crippen LogP contribution in [-0.4, -0.2) is 29.1 Å². The van der Waals surface area contributed by atoms with Crippen LogP contribution in [0.5, 0.6) is 0 Å². The lowest BCUT2D eigenvalue weighted by molar-refractivity contribution is 0.214. The van der Waals surface area contributed by atoms with Gasteiger partial charge in [-0.1, -0.05) is 24.3 Å². The summed E-state index contributed by atoms with van der Waals surface area (Å²) in [4.78, 5) is 3.99. The Morgan fingerprint density at radius 2 is 1.87 bits per heavy atom. The van der Waals surface area contributed by atoms with Gasteiger partial charge in [0.1, 0.15) is 0 Å². The minimum Gasteiger partial charge on any atom is -0.358 e. The second-order valence-electron chi connectivity index (χ2n) is 5.96.